The molecule has 0 radical (unpaired) electrons. The molecule has 0 aromatic carbocycles. The fourth-order valence-corrected chi connectivity index (χ4v) is 1.66. The summed E-state index contributed by atoms with van der Waals surface area (Å²) in [5, 5.41) is 8.03. The third-order valence-corrected chi connectivity index (χ3v) is 3.21. The van der Waals surface area contributed by atoms with Crippen molar-refractivity contribution in [2.24, 2.45) is 0 Å². The fourth-order valence-electron chi connectivity index (χ4n) is 1.45. The largest absolute Gasteiger partial charge is 0.338 e. The lowest BCUT2D eigenvalue weighted by molar-refractivity contribution is 0.0754. The quantitative estimate of drug-likeness (QED) is 0.774. The van der Waals surface area contributed by atoms with E-state index in [1.807, 2.05) is 20.8 Å². The summed E-state index contributed by atoms with van der Waals surface area (Å²) in [6.45, 7) is 5.70. The zero-order valence-electron chi connectivity index (χ0n) is 10.7. The summed E-state index contributed by atoms with van der Waals surface area (Å²) in [5.41, 5.74) is 2.10. The topological polar surface area (TPSA) is 46.1 Å². The monoisotopic (exact) mass is 255 g/mol. The minimum absolute atomic E-state index is 0.00217. The summed E-state index contributed by atoms with van der Waals surface area (Å²) in [6, 6.07) is 1.79. The first-order valence-electron chi connectivity index (χ1n) is 5.67. The van der Waals surface area contributed by atoms with Crippen molar-refractivity contribution in [3.05, 3.63) is 23.0 Å². The molecule has 0 saturated heterocycles. The highest BCUT2D eigenvalue weighted by molar-refractivity contribution is 6.18. The number of alkyl halides is 1. The van der Waals surface area contributed by atoms with E-state index in [4.69, 9.17) is 11.6 Å². The van der Waals surface area contributed by atoms with Crippen LogP contribution in [0.25, 0.3) is 0 Å². The Balaban J connectivity index is 3.06. The first-order valence-corrected chi connectivity index (χ1v) is 6.21. The van der Waals surface area contributed by atoms with Crippen molar-refractivity contribution in [1.29, 1.82) is 0 Å². The van der Waals surface area contributed by atoms with E-state index >= 15 is 0 Å². The van der Waals surface area contributed by atoms with Crippen molar-refractivity contribution >= 4 is 17.5 Å². The Morgan fingerprint density at radius 2 is 2.18 bits per heavy atom. The van der Waals surface area contributed by atoms with Crippen LogP contribution in [0.3, 0.4) is 0 Å². The summed E-state index contributed by atoms with van der Waals surface area (Å²) >= 11 is 5.76. The number of hydrogen-bond donors (Lipinski definition) is 0. The standard InChI is InChI=1S/C12H18ClN3O/c1-5-11-10(6-8(2)14-15-11)12(17)16(4)9(3)7-13/h6,9H,5,7H2,1-4H3. The lowest BCUT2D eigenvalue weighted by Gasteiger charge is -2.23. The van der Waals surface area contributed by atoms with Gasteiger partial charge in [0, 0.05) is 19.0 Å². The molecule has 1 aromatic rings. The van der Waals surface area contributed by atoms with Crippen molar-refractivity contribution in [3.63, 3.8) is 0 Å². The predicted octanol–water partition coefficient (Wildman–Crippen LogP) is 2.05. The minimum atomic E-state index is -0.0481. The van der Waals surface area contributed by atoms with E-state index in [1.54, 1.807) is 18.0 Å². The first kappa shape index (κ1) is 13.9. The van der Waals surface area contributed by atoms with Gasteiger partial charge in [-0.3, -0.25) is 4.79 Å². The zero-order chi connectivity index (χ0) is 13.0. The number of amides is 1. The summed E-state index contributed by atoms with van der Waals surface area (Å²) in [5.74, 6) is 0.370. The van der Waals surface area contributed by atoms with Crippen LogP contribution in [-0.2, 0) is 6.42 Å². The van der Waals surface area contributed by atoms with Crippen LogP contribution in [0.15, 0.2) is 6.07 Å². The second kappa shape index (κ2) is 5.96. The number of nitrogens with zero attached hydrogens (tertiary/aromatic N) is 3. The summed E-state index contributed by atoms with van der Waals surface area (Å²) in [7, 11) is 1.75. The minimum Gasteiger partial charge on any atom is -0.338 e. The third kappa shape index (κ3) is 3.16. The van der Waals surface area contributed by atoms with Crippen LogP contribution >= 0.6 is 11.6 Å². The van der Waals surface area contributed by atoms with Crippen molar-refractivity contribution < 1.29 is 4.79 Å². The van der Waals surface area contributed by atoms with Crippen LogP contribution < -0.4 is 0 Å². The molecule has 17 heavy (non-hydrogen) atoms. The Labute approximate surface area is 107 Å². The van der Waals surface area contributed by atoms with Gasteiger partial charge in [-0.05, 0) is 26.3 Å². The average molecular weight is 256 g/mol. The van der Waals surface area contributed by atoms with E-state index in [1.165, 1.54) is 0 Å². The summed E-state index contributed by atoms with van der Waals surface area (Å²) in [6.07, 6.45) is 0.692. The maximum atomic E-state index is 12.3. The molecule has 0 fully saturated rings. The molecule has 0 N–H and O–H groups in total. The molecule has 94 valence electrons. The molecule has 0 aliphatic heterocycles. The van der Waals surface area contributed by atoms with Crippen molar-refractivity contribution in [3.8, 4) is 0 Å². The van der Waals surface area contributed by atoms with E-state index in [2.05, 4.69) is 10.2 Å². The van der Waals surface area contributed by atoms with Crippen LogP contribution in [0, 0.1) is 6.92 Å². The van der Waals surface area contributed by atoms with Gasteiger partial charge in [0.2, 0.25) is 0 Å². The molecule has 0 saturated carbocycles. The Bertz CT molecular complexity index is 409. The van der Waals surface area contributed by atoms with Gasteiger partial charge in [0.05, 0.1) is 17.0 Å². The van der Waals surface area contributed by atoms with E-state index in [9.17, 15) is 4.79 Å². The van der Waals surface area contributed by atoms with E-state index in [0.717, 1.165) is 11.4 Å². The van der Waals surface area contributed by atoms with Gasteiger partial charge in [-0.25, -0.2) is 0 Å². The molecule has 1 rings (SSSR count). The molecule has 0 spiro atoms. The molecule has 1 atom stereocenters. The Morgan fingerprint density at radius 1 is 1.53 bits per heavy atom. The van der Waals surface area contributed by atoms with Gasteiger partial charge in [0.25, 0.3) is 5.91 Å². The third-order valence-electron chi connectivity index (χ3n) is 2.76. The van der Waals surface area contributed by atoms with Crippen LogP contribution in [0.4, 0.5) is 0 Å². The first-order chi connectivity index (χ1) is 8.01. The molecule has 0 aliphatic rings. The van der Waals surface area contributed by atoms with Gasteiger partial charge < -0.3 is 4.90 Å². The van der Waals surface area contributed by atoms with E-state index < -0.39 is 0 Å². The van der Waals surface area contributed by atoms with E-state index in [-0.39, 0.29) is 11.9 Å². The van der Waals surface area contributed by atoms with Crippen LogP contribution in [0.5, 0.6) is 0 Å². The molecule has 1 amide bonds. The van der Waals surface area contributed by atoms with Crippen molar-refractivity contribution in [2.75, 3.05) is 12.9 Å². The highest BCUT2D eigenvalue weighted by Gasteiger charge is 2.20. The lowest BCUT2D eigenvalue weighted by Crippen LogP contribution is -2.36. The predicted molar refractivity (Wildman–Crippen MR) is 68.4 cm³/mol. The Morgan fingerprint density at radius 3 is 2.71 bits per heavy atom. The normalized spacial score (nSPS) is 12.3. The molecule has 4 nitrogen and oxygen atoms in total. The smallest absolute Gasteiger partial charge is 0.255 e. The van der Waals surface area contributed by atoms with Crippen molar-refractivity contribution in [2.45, 2.75) is 33.2 Å². The van der Waals surface area contributed by atoms with Gasteiger partial charge in [-0.15, -0.1) is 11.6 Å². The van der Waals surface area contributed by atoms with Gasteiger partial charge in [-0.1, -0.05) is 6.92 Å². The summed E-state index contributed by atoms with van der Waals surface area (Å²) in [4.78, 5) is 13.9. The molecule has 0 aliphatic carbocycles. The number of carbonyl (C=O) groups is 1. The Kier molecular flexibility index (Phi) is 4.87. The SMILES string of the molecule is CCc1nnc(C)cc1C(=O)N(C)C(C)CCl. The molecule has 1 heterocycles. The lowest BCUT2D eigenvalue weighted by atomic mass is 10.1. The molecular weight excluding hydrogens is 238 g/mol. The van der Waals surface area contributed by atoms with Crippen LogP contribution in [0.2, 0.25) is 0 Å². The van der Waals surface area contributed by atoms with Gasteiger partial charge >= 0.3 is 0 Å². The number of rotatable bonds is 4. The molecule has 5 heteroatoms. The maximum absolute atomic E-state index is 12.3. The van der Waals surface area contributed by atoms with Crippen LogP contribution in [-0.4, -0.2) is 40.0 Å². The highest BCUT2D eigenvalue weighted by atomic mass is 35.5. The second-order valence-corrected chi connectivity index (χ2v) is 4.43. The number of aromatic nitrogens is 2. The maximum Gasteiger partial charge on any atom is 0.255 e. The summed E-state index contributed by atoms with van der Waals surface area (Å²) < 4.78 is 0. The van der Waals surface area contributed by atoms with Gasteiger partial charge in [0.1, 0.15) is 0 Å². The van der Waals surface area contributed by atoms with Gasteiger partial charge in [-0.2, -0.15) is 10.2 Å². The molecule has 1 aromatic heterocycles. The molecular formula is C12H18ClN3O. The van der Waals surface area contributed by atoms with E-state index in [0.29, 0.717) is 17.9 Å². The van der Waals surface area contributed by atoms with Crippen molar-refractivity contribution in [1.82, 2.24) is 15.1 Å². The number of carbonyl (C=O) groups excluding carboxylic acids is 1. The molecule has 1 unspecified atom stereocenters. The fraction of sp³-hybridized carbons (Fsp3) is 0.583. The second-order valence-electron chi connectivity index (χ2n) is 4.12. The number of aryl methyl sites for hydroxylation is 2. The number of halogens is 1. The number of hydrogen-bond acceptors (Lipinski definition) is 3. The average Bonchev–Trinajstić information content (AvgIpc) is 2.35. The zero-order valence-corrected chi connectivity index (χ0v) is 11.5. The highest BCUT2D eigenvalue weighted by Crippen LogP contribution is 2.12. The van der Waals surface area contributed by atoms with Crippen LogP contribution in [0.1, 0.15) is 35.6 Å². The molecule has 0 bridgehead atoms. The Hall–Kier alpha value is -1.16. The van der Waals surface area contributed by atoms with Gasteiger partial charge in [0.15, 0.2) is 0 Å².